The molecule has 1 aromatic carbocycles. The molecule has 0 aliphatic carbocycles. The number of hydrogen-bond donors (Lipinski definition) is 2. The molecule has 1 unspecified atom stereocenters. The van der Waals surface area contributed by atoms with E-state index in [-0.39, 0.29) is 6.61 Å². The van der Waals surface area contributed by atoms with E-state index >= 15 is 0 Å². The molecule has 2 N–H and O–H groups in total. The first-order valence-corrected chi connectivity index (χ1v) is 6.74. The summed E-state index contributed by atoms with van der Waals surface area (Å²) >= 11 is 0. The maximum absolute atomic E-state index is 9.84. The summed E-state index contributed by atoms with van der Waals surface area (Å²) in [6.45, 7) is 4.92. The third-order valence-electron chi connectivity index (χ3n) is 3.07. The van der Waals surface area contributed by atoms with Crippen LogP contribution in [-0.2, 0) is 0 Å². The smallest absolute Gasteiger partial charge is 0.137 e. The van der Waals surface area contributed by atoms with E-state index in [1.165, 1.54) is 0 Å². The van der Waals surface area contributed by atoms with Gasteiger partial charge in [0, 0.05) is 12.6 Å². The van der Waals surface area contributed by atoms with Gasteiger partial charge in [0.05, 0.1) is 5.56 Å². The van der Waals surface area contributed by atoms with Crippen molar-refractivity contribution in [2.45, 2.75) is 38.8 Å². The van der Waals surface area contributed by atoms with Crippen LogP contribution in [0.25, 0.3) is 0 Å². The number of nitrogens with zero attached hydrogens (tertiary/aromatic N) is 1. The van der Waals surface area contributed by atoms with Crippen molar-refractivity contribution in [1.82, 2.24) is 5.32 Å². The van der Waals surface area contributed by atoms with Gasteiger partial charge in [-0.2, -0.15) is 5.26 Å². The van der Waals surface area contributed by atoms with Crippen molar-refractivity contribution in [2.75, 3.05) is 13.2 Å². The molecule has 0 bridgehead atoms. The minimum atomic E-state index is -0.577. The molecule has 4 nitrogen and oxygen atoms in total. The number of nitrogens with one attached hydrogen (secondary N) is 1. The predicted molar refractivity (Wildman–Crippen MR) is 75.0 cm³/mol. The van der Waals surface area contributed by atoms with E-state index in [0.717, 1.165) is 12.8 Å². The average molecular weight is 262 g/mol. The summed E-state index contributed by atoms with van der Waals surface area (Å²) in [5.74, 6) is 0.520. The molecule has 1 atom stereocenters. The monoisotopic (exact) mass is 262 g/mol. The first-order valence-electron chi connectivity index (χ1n) is 6.74. The molecule has 0 saturated carbocycles. The summed E-state index contributed by atoms with van der Waals surface area (Å²) in [5.41, 5.74) is 0.489. The normalized spacial score (nSPS) is 12.2. The van der Waals surface area contributed by atoms with Gasteiger partial charge in [-0.1, -0.05) is 26.0 Å². The van der Waals surface area contributed by atoms with Crippen molar-refractivity contribution in [3.63, 3.8) is 0 Å². The minimum Gasteiger partial charge on any atom is -0.489 e. The molecule has 0 aliphatic rings. The minimum absolute atomic E-state index is 0.186. The van der Waals surface area contributed by atoms with Gasteiger partial charge in [0.1, 0.15) is 24.5 Å². The Bertz CT molecular complexity index is 411. The van der Waals surface area contributed by atoms with Crippen LogP contribution in [0.2, 0.25) is 0 Å². The number of nitriles is 1. The highest BCUT2D eigenvalue weighted by molar-refractivity contribution is 5.42. The van der Waals surface area contributed by atoms with Gasteiger partial charge >= 0.3 is 0 Å². The maximum Gasteiger partial charge on any atom is 0.137 e. The van der Waals surface area contributed by atoms with Gasteiger partial charge in [-0.3, -0.25) is 0 Å². The third kappa shape index (κ3) is 5.29. The summed E-state index contributed by atoms with van der Waals surface area (Å²) in [6, 6.07) is 9.53. The molecular weight excluding hydrogens is 240 g/mol. The molecule has 0 fully saturated rings. The number of hydrogen-bond acceptors (Lipinski definition) is 4. The molecule has 0 saturated heterocycles. The molecule has 4 heteroatoms. The van der Waals surface area contributed by atoms with Crippen LogP contribution in [0.15, 0.2) is 24.3 Å². The summed E-state index contributed by atoms with van der Waals surface area (Å²) in [6.07, 6.45) is 1.51. The zero-order valence-corrected chi connectivity index (χ0v) is 11.6. The highest BCUT2D eigenvalue weighted by Crippen LogP contribution is 2.16. The Hall–Kier alpha value is -1.57. The zero-order chi connectivity index (χ0) is 14.1. The Morgan fingerprint density at radius 1 is 1.32 bits per heavy atom. The Morgan fingerprint density at radius 2 is 2.00 bits per heavy atom. The summed E-state index contributed by atoms with van der Waals surface area (Å²) in [5, 5.41) is 22.1. The Balaban J connectivity index is 2.38. The molecular formula is C15H22N2O2. The third-order valence-corrected chi connectivity index (χ3v) is 3.07. The van der Waals surface area contributed by atoms with E-state index in [9.17, 15) is 5.11 Å². The van der Waals surface area contributed by atoms with Crippen LogP contribution in [0.5, 0.6) is 5.75 Å². The van der Waals surface area contributed by atoms with Gasteiger partial charge in [-0.05, 0) is 25.0 Å². The largest absolute Gasteiger partial charge is 0.489 e. The maximum atomic E-state index is 9.84. The highest BCUT2D eigenvalue weighted by atomic mass is 16.5. The SMILES string of the molecule is CCC(CC)NCC(O)COc1ccccc1C#N. The van der Waals surface area contributed by atoms with E-state index in [1.54, 1.807) is 18.2 Å². The van der Waals surface area contributed by atoms with E-state index < -0.39 is 6.10 Å². The topological polar surface area (TPSA) is 65.3 Å². The second-order valence-electron chi connectivity index (χ2n) is 4.49. The molecule has 0 radical (unpaired) electrons. The van der Waals surface area contributed by atoms with Crippen LogP contribution in [0.3, 0.4) is 0 Å². The lowest BCUT2D eigenvalue weighted by Crippen LogP contribution is -2.37. The van der Waals surface area contributed by atoms with Crippen molar-refractivity contribution < 1.29 is 9.84 Å². The molecule has 1 aromatic rings. The lowest BCUT2D eigenvalue weighted by Gasteiger charge is -2.18. The van der Waals surface area contributed by atoms with Crippen LogP contribution in [0.4, 0.5) is 0 Å². The summed E-state index contributed by atoms with van der Waals surface area (Å²) < 4.78 is 5.48. The summed E-state index contributed by atoms with van der Waals surface area (Å²) in [4.78, 5) is 0. The van der Waals surface area contributed by atoms with Crippen LogP contribution in [0.1, 0.15) is 32.3 Å². The molecule has 0 aliphatic heterocycles. The van der Waals surface area contributed by atoms with Gasteiger partial charge in [0.25, 0.3) is 0 Å². The summed E-state index contributed by atoms with van der Waals surface area (Å²) in [7, 11) is 0. The Morgan fingerprint density at radius 3 is 2.63 bits per heavy atom. The number of benzene rings is 1. The number of aliphatic hydroxyl groups excluding tert-OH is 1. The number of para-hydroxylation sites is 1. The van der Waals surface area contributed by atoms with Crippen molar-refractivity contribution >= 4 is 0 Å². The lowest BCUT2D eigenvalue weighted by atomic mass is 10.1. The number of ether oxygens (including phenoxy) is 1. The van der Waals surface area contributed by atoms with E-state index in [1.807, 2.05) is 6.07 Å². The van der Waals surface area contributed by atoms with Crippen molar-refractivity contribution in [2.24, 2.45) is 0 Å². The molecule has 1 rings (SSSR count). The fourth-order valence-corrected chi connectivity index (χ4v) is 1.81. The molecule has 0 spiro atoms. The molecule has 19 heavy (non-hydrogen) atoms. The molecule has 0 aromatic heterocycles. The van der Waals surface area contributed by atoms with E-state index in [0.29, 0.717) is 23.9 Å². The van der Waals surface area contributed by atoms with Gasteiger partial charge in [0.15, 0.2) is 0 Å². The van der Waals surface area contributed by atoms with E-state index in [4.69, 9.17) is 10.00 Å². The predicted octanol–water partition coefficient (Wildman–Crippen LogP) is 2.08. The standard InChI is InChI=1S/C15H22N2O2/c1-3-13(4-2)17-10-14(18)11-19-15-8-6-5-7-12(15)9-16/h5-8,13-14,17-18H,3-4,10-11H2,1-2H3. The van der Waals surface area contributed by atoms with Gasteiger partial charge in [-0.15, -0.1) is 0 Å². The second-order valence-corrected chi connectivity index (χ2v) is 4.49. The first-order chi connectivity index (χ1) is 9.21. The van der Waals surface area contributed by atoms with Gasteiger partial charge < -0.3 is 15.2 Å². The van der Waals surface area contributed by atoms with Crippen molar-refractivity contribution in [3.05, 3.63) is 29.8 Å². The zero-order valence-electron chi connectivity index (χ0n) is 11.6. The molecule has 0 heterocycles. The van der Waals surface area contributed by atoms with Gasteiger partial charge in [-0.25, -0.2) is 0 Å². The first kappa shape index (κ1) is 15.5. The Labute approximate surface area is 115 Å². The highest BCUT2D eigenvalue weighted by Gasteiger charge is 2.10. The van der Waals surface area contributed by atoms with Crippen LogP contribution in [-0.4, -0.2) is 30.4 Å². The van der Waals surface area contributed by atoms with Crippen molar-refractivity contribution in [3.8, 4) is 11.8 Å². The van der Waals surface area contributed by atoms with Crippen molar-refractivity contribution in [1.29, 1.82) is 5.26 Å². The fourth-order valence-electron chi connectivity index (χ4n) is 1.81. The van der Waals surface area contributed by atoms with Crippen LogP contribution in [0, 0.1) is 11.3 Å². The van der Waals surface area contributed by atoms with Crippen LogP contribution < -0.4 is 10.1 Å². The molecule has 104 valence electrons. The average Bonchev–Trinajstić information content (AvgIpc) is 2.46. The van der Waals surface area contributed by atoms with Gasteiger partial charge in [0.2, 0.25) is 0 Å². The quantitative estimate of drug-likeness (QED) is 0.753. The van der Waals surface area contributed by atoms with E-state index in [2.05, 4.69) is 25.2 Å². The Kier molecular flexibility index (Phi) is 6.94. The number of rotatable bonds is 8. The van der Waals surface area contributed by atoms with Crippen LogP contribution >= 0.6 is 0 Å². The lowest BCUT2D eigenvalue weighted by molar-refractivity contribution is 0.103. The number of aliphatic hydroxyl groups is 1. The molecule has 0 amide bonds. The second kappa shape index (κ2) is 8.52. The fraction of sp³-hybridized carbons (Fsp3) is 0.533.